The fraction of sp³-hybridized carbons (Fsp3) is 0.588. The molecule has 3 heteroatoms. The molecule has 3 nitrogen and oxygen atoms in total. The van der Waals surface area contributed by atoms with E-state index in [4.69, 9.17) is 0 Å². The minimum atomic E-state index is -0.124. The Kier molecular flexibility index (Phi) is 3.95. The Morgan fingerprint density at radius 2 is 1.90 bits per heavy atom. The van der Waals surface area contributed by atoms with Gasteiger partial charge in [0.15, 0.2) is 0 Å². The fourth-order valence-corrected chi connectivity index (χ4v) is 3.42. The summed E-state index contributed by atoms with van der Waals surface area (Å²) in [6, 6.07) is 6.34. The molecule has 1 heterocycles. The average molecular weight is 272 g/mol. The van der Waals surface area contributed by atoms with Crippen LogP contribution in [-0.4, -0.2) is 29.9 Å². The maximum atomic E-state index is 12.4. The molecular weight excluding hydrogens is 248 g/mol. The van der Waals surface area contributed by atoms with E-state index in [-0.39, 0.29) is 11.9 Å². The van der Waals surface area contributed by atoms with Crippen LogP contribution in [-0.2, 0) is 17.6 Å². The number of hydrogen-bond donors (Lipinski definition) is 1. The van der Waals surface area contributed by atoms with Crippen LogP contribution in [0, 0.1) is 0 Å². The quantitative estimate of drug-likeness (QED) is 0.917. The highest BCUT2D eigenvalue weighted by atomic mass is 16.2. The molecule has 0 unspecified atom stereocenters. The van der Waals surface area contributed by atoms with Gasteiger partial charge in [0, 0.05) is 18.8 Å². The average Bonchev–Trinajstić information content (AvgIpc) is 3.01. The van der Waals surface area contributed by atoms with E-state index in [0.717, 1.165) is 32.4 Å². The summed E-state index contributed by atoms with van der Waals surface area (Å²) in [4.78, 5) is 14.4. The smallest absolute Gasteiger partial charge is 0.244 e. The van der Waals surface area contributed by atoms with Gasteiger partial charge in [-0.25, -0.2) is 0 Å². The molecule has 1 aliphatic heterocycles. The van der Waals surface area contributed by atoms with Crippen LogP contribution in [0.1, 0.15) is 43.7 Å². The monoisotopic (exact) mass is 272 g/mol. The van der Waals surface area contributed by atoms with Crippen LogP contribution in [0.25, 0.3) is 0 Å². The summed E-state index contributed by atoms with van der Waals surface area (Å²) in [6.07, 6.45) is 7.18. The van der Waals surface area contributed by atoms with Gasteiger partial charge in [-0.15, -0.1) is 0 Å². The number of likely N-dealkylation sites (tertiary alicyclic amines) is 1. The van der Waals surface area contributed by atoms with Crippen LogP contribution in [0.15, 0.2) is 18.2 Å². The summed E-state index contributed by atoms with van der Waals surface area (Å²) >= 11 is 0. The molecule has 2 aliphatic rings. The number of aryl methyl sites for hydroxylation is 1. The second-order valence-electron chi connectivity index (χ2n) is 6.05. The largest absolute Gasteiger partial charge is 0.374 e. The summed E-state index contributed by atoms with van der Waals surface area (Å²) in [6.45, 7) is 3.85. The lowest BCUT2D eigenvalue weighted by atomic mass is 9.90. The Bertz CT molecular complexity index is 492. The first-order valence-electron chi connectivity index (χ1n) is 7.92. The fourth-order valence-electron chi connectivity index (χ4n) is 3.42. The van der Waals surface area contributed by atoms with Crippen LogP contribution in [0.3, 0.4) is 0 Å². The number of anilines is 1. The molecule has 1 fully saturated rings. The first-order chi connectivity index (χ1) is 9.75. The van der Waals surface area contributed by atoms with Crippen molar-refractivity contribution >= 4 is 11.6 Å². The van der Waals surface area contributed by atoms with E-state index < -0.39 is 0 Å². The van der Waals surface area contributed by atoms with Gasteiger partial charge in [-0.3, -0.25) is 4.79 Å². The maximum Gasteiger partial charge on any atom is 0.244 e. The predicted octanol–water partition coefficient (Wildman–Crippen LogP) is 2.99. The van der Waals surface area contributed by atoms with Crippen molar-refractivity contribution in [2.75, 3.05) is 18.4 Å². The van der Waals surface area contributed by atoms with Crippen LogP contribution in [0.4, 0.5) is 5.69 Å². The van der Waals surface area contributed by atoms with Gasteiger partial charge >= 0.3 is 0 Å². The lowest BCUT2D eigenvalue weighted by Crippen LogP contribution is -2.39. The molecule has 1 aliphatic carbocycles. The molecule has 3 rings (SSSR count). The molecular formula is C17H24N2O. The predicted molar refractivity (Wildman–Crippen MR) is 82.0 cm³/mol. The summed E-state index contributed by atoms with van der Waals surface area (Å²) in [5.41, 5.74) is 4.06. The third-order valence-corrected chi connectivity index (χ3v) is 4.56. The van der Waals surface area contributed by atoms with E-state index in [0.29, 0.717) is 0 Å². The molecule has 0 bridgehead atoms. The third-order valence-electron chi connectivity index (χ3n) is 4.56. The Morgan fingerprint density at radius 3 is 2.70 bits per heavy atom. The highest BCUT2D eigenvalue weighted by molar-refractivity contribution is 5.84. The zero-order valence-corrected chi connectivity index (χ0v) is 12.3. The normalized spacial score (nSPS) is 19.6. The molecule has 108 valence electrons. The van der Waals surface area contributed by atoms with E-state index in [1.54, 1.807) is 0 Å². The van der Waals surface area contributed by atoms with E-state index in [9.17, 15) is 4.79 Å². The molecule has 0 radical (unpaired) electrons. The Morgan fingerprint density at radius 1 is 1.15 bits per heavy atom. The van der Waals surface area contributed by atoms with Crippen molar-refractivity contribution in [3.05, 3.63) is 29.3 Å². The molecule has 20 heavy (non-hydrogen) atoms. The molecule has 1 amide bonds. The first-order valence-corrected chi connectivity index (χ1v) is 7.92. The summed E-state index contributed by atoms with van der Waals surface area (Å²) in [7, 11) is 0. The molecule has 1 aromatic carbocycles. The molecule has 1 N–H and O–H groups in total. The summed E-state index contributed by atoms with van der Waals surface area (Å²) in [5, 5.41) is 3.46. The van der Waals surface area contributed by atoms with Gasteiger partial charge < -0.3 is 10.2 Å². The standard InChI is InChI=1S/C17H24N2O/c1-13(17(20)19-11-4-5-12-19)18-16-10-6-8-14-7-2-3-9-15(14)16/h6,8,10,13,18H,2-5,7,9,11-12H2,1H3/t13-/m0/s1. The van der Waals surface area contributed by atoms with Gasteiger partial charge in [-0.2, -0.15) is 0 Å². The number of carbonyl (C=O) groups is 1. The van der Waals surface area contributed by atoms with Crippen LogP contribution in [0.5, 0.6) is 0 Å². The molecule has 1 atom stereocenters. The van der Waals surface area contributed by atoms with Crippen molar-refractivity contribution in [1.82, 2.24) is 4.90 Å². The summed E-state index contributed by atoms with van der Waals surface area (Å²) in [5.74, 6) is 0.246. The number of nitrogens with zero attached hydrogens (tertiary/aromatic N) is 1. The number of fused-ring (bicyclic) bond motifs is 1. The summed E-state index contributed by atoms with van der Waals surface area (Å²) < 4.78 is 0. The number of nitrogens with one attached hydrogen (secondary N) is 1. The number of benzene rings is 1. The second-order valence-corrected chi connectivity index (χ2v) is 6.05. The van der Waals surface area contributed by atoms with Gasteiger partial charge in [-0.1, -0.05) is 12.1 Å². The molecule has 0 aromatic heterocycles. The Labute approximate surface area is 121 Å². The molecule has 1 saturated heterocycles. The number of hydrogen-bond acceptors (Lipinski definition) is 2. The topological polar surface area (TPSA) is 32.3 Å². The van der Waals surface area contributed by atoms with Crippen molar-refractivity contribution in [3.63, 3.8) is 0 Å². The van der Waals surface area contributed by atoms with Gasteiger partial charge in [0.25, 0.3) is 0 Å². The molecule has 0 spiro atoms. The zero-order valence-electron chi connectivity index (χ0n) is 12.3. The van der Waals surface area contributed by atoms with Crippen LogP contribution < -0.4 is 5.32 Å². The molecule has 1 aromatic rings. The van der Waals surface area contributed by atoms with Gasteiger partial charge in [0.2, 0.25) is 5.91 Å². The number of amides is 1. The second kappa shape index (κ2) is 5.86. The zero-order chi connectivity index (χ0) is 13.9. The number of carbonyl (C=O) groups excluding carboxylic acids is 1. The van der Waals surface area contributed by atoms with Crippen molar-refractivity contribution in [1.29, 1.82) is 0 Å². The van der Waals surface area contributed by atoms with E-state index in [1.165, 1.54) is 36.1 Å². The lowest BCUT2D eigenvalue weighted by molar-refractivity contribution is -0.130. The van der Waals surface area contributed by atoms with Crippen molar-refractivity contribution in [3.8, 4) is 0 Å². The Balaban J connectivity index is 1.72. The van der Waals surface area contributed by atoms with Crippen molar-refractivity contribution in [2.45, 2.75) is 51.5 Å². The highest BCUT2D eigenvalue weighted by Crippen LogP contribution is 2.28. The SMILES string of the molecule is C[C@H](Nc1cccc2c1CCCC2)C(=O)N1CCCC1. The van der Waals surface area contributed by atoms with E-state index >= 15 is 0 Å². The van der Waals surface area contributed by atoms with Crippen molar-refractivity contribution in [2.24, 2.45) is 0 Å². The third kappa shape index (κ3) is 2.67. The van der Waals surface area contributed by atoms with Gasteiger partial charge in [-0.05, 0) is 62.6 Å². The number of rotatable bonds is 3. The maximum absolute atomic E-state index is 12.4. The minimum Gasteiger partial charge on any atom is -0.374 e. The Hall–Kier alpha value is -1.51. The van der Waals surface area contributed by atoms with Gasteiger partial charge in [0.05, 0.1) is 0 Å². The minimum absolute atomic E-state index is 0.124. The van der Waals surface area contributed by atoms with Crippen LogP contribution in [0.2, 0.25) is 0 Å². The lowest BCUT2D eigenvalue weighted by Gasteiger charge is -2.25. The van der Waals surface area contributed by atoms with E-state index in [1.807, 2.05) is 11.8 Å². The first kappa shape index (κ1) is 13.5. The highest BCUT2D eigenvalue weighted by Gasteiger charge is 2.24. The van der Waals surface area contributed by atoms with Crippen molar-refractivity contribution < 1.29 is 4.79 Å². The molecule has 0 saturated carbocycles. The van der Waals surface area contributed by atoms with Crippen LogP contribution >= 0.6 is 0 Å². The van der Waals surface area contributed by atoms with E-state index in [2.05, 4.69) is 23.5 Å². The van der Waals surface area contributed by atoms with Gasteiger partial charge in [0.1, 0.15) is 6.04 Å².